The summed E-state index contributed by atoms with van der Waals surface area (Å²) in [6, 6.07) is 0. The van der Waals surface area contributed by atoms with Gasteiger partial charge in [0.2, 0.25) is 0 Å². The van der Waals surface area contributed by atoms with Crippen LogP contribution in [0.1, 0.15) is 155 Å². The fraction of sp³-hybridized carbons (Fsp3) is 0.711. The SMILES string of the molecule is CC/C=C\C/C=C\C/C=C\C/C=C\C/C=C\CCCCCC(=O)OCC(COC1OC(C(=O)O)C(O)C(O)C1O)OC(=O)CCCCCCCCCCCCC. The molecule has 0 radical (unpaired) electrons. The van der Waals surface area contributed by atoms with Crippen molar-refractivity contribution in [2.75, 3.05) is 13.2 Å². The lowest BCUT2D eigenvalue weighted by Crippen LogP contribution is -2.60. The fourth-order valence-corrected chi connectivity index (χ4v) is 6.02. The number of allylic oxidation sites excluding steroid dienone is 10. The van der Waals surface area contributed by atoms with E-state index in [0.29, 0.717) is 12.8 Å². The van der Waals surface area contributed by atoms with Gasteiger partial charge in [0.05, 0.1) is 6.61 Å². The molecule has 4 N–H and O–H groups in total. The molecule has 0 aromatic carbocycles. The van der Waals surface area contributed by atoms with Gasteiger partial charge in [0, 0.05) is 12.8 Å². The number of esters is 2. The number of aliphatic hydroxyl groups is 3. The van der Waals surface area contributed by atoms with E-state index >= 15 is 0 Å². The van der Waals surface area contributed by atoms with Gasteiger partial charge in [-0.3, -0.25) is 9.59 Å². The smallest absolute Gasteiger partial charge is 0.335 e. The minimum atomic E-state index is -1.87. The molecule has 0 saturated carbocycles. The van der Waals surface area contributed by atoms with Crippen LogP contribution in [0.2, 0.25) is 0 Å². The first kappa shape index (κ1) is 50.9. The Hall–Kier alpha value is -3.09. The molecule has 1 fully saturated rings. The first-order valence-corrected chi connectivity index (χ1v) is 21.3. The summed E-state index contributed by atoms with van der Waals surface area (Å²) in [5, 5.41) is 39.7. The van der Waals surface area contributed by atoms with Crippen molar-refractivity contribution in [2.24, 2.45) is 0 Å². The molecule has 0 aromatic rings. The van der Waals surface area contributed by atoms with Crippen LogP contribution in [0.25, 0.3) is 0 Å². The molecule has 11 heteroatoms. The van der Waals surface area contributed by atoms with Crippen molar-refractivity contribution in [3.05, 3.63) is 60.8 Å². The fourth-order valence-electron chi connectivity index (χ4n) is 6.02. The first-order chi connectivity index (χ1) is 27.2. The highest BCUT2D eigenvalue weighted by Crippen LogP contribution is 2.23. The van der Waals surface area contributed by atoms with Gasteiger partial charge in [-0.2, -0.15) is 0 Å². The lowest BCUT2D eigenvalue weighted by atomic mass is 9.99. The minimum Gasteiger partial charge on any atom is -0.479 e. The summed E-state index contributed by atoms with van der Waals surface area (Å²) < 4.78 is 21.6. The van der Waals surface area contributed by atoms with Crippen LogP contribution in [0, 0.1) is 0 Å². The predicted octanol–water partition coefficient (Wildman–Crippen LogP) is 8.75. The lowest BCUT2D eigenvalue weighted by Gasteiger charge is -2.38. The van der Waals surface area contributed by atoms with Crippen molar-refractivity contribution in [1.29, 1.82) is 0 Å². The second-order valence-electron chi connectivity index (χ2n) is 14.5. The highest BCUT2D eigenvalue weighted by Gasteiger charge is 2.47. The van der Waals surface area contributed by atoms with Crippen molar-refractivity contribution >= 4 is 17.9 Å². The highest BCUT2D eigenvalue weighted by molar-refractivity contribution is 5.73. The molecule has 0 aromatic heterocycles. The monoisotopic (exact) mass is 791 g/mol. The van der Waals surface area contributed by atoms with Gasteiger partial charge >= 0.3 is 17.9 Å². The Morgan fingerprint density at radius 1 is 0.571 bits per heavy atom. The van der Waals surface area contributed by atoms with E-state index in [-0.39, 0.29) is 19.4 Å². The van der Waals surface area contributed by atoms with Gasteiger partial charge in [-0.05, 0) is 57.8 Å². The van der Waals surface area contributed by atoms with Gasteiger partial charge < -0.3 is 39.4 Å². The number of hydrogen-bond donors (Lipinski definition) is 4. The maximum Gasteiger partial charge on any atom is 0.335 e. The zero-order valence-corrected chi connectivity index (χ0v) is 34.4. The summed E-state index contributed by atoms with van der Waals surface area (Å²) in [6.07, 6.45) is 32.8. The largest absolute Gasteiger partial charge is 0.479 e. The normalized spacial score (nSPS) is 20.9. The van der Waals surface area contributed by atoms with Crippen LogP contribution in [0.3, 0.4) is 0 Å². The maximum atomic E-state index is 12.7. The number of carboxylic acid groups (broad SMARTS) is 1. The summed E-state index contributed by atoms with van der Waals surface area (Å²) >= 11 is 0. The third-order valence-electron chi connectivity index (χ3n) is 9.38. The van der Waals surface area contributed by atoms with E-state index in [1.807, 2.05) is 0 Å². The molecule has 6 atom stereocenters. The number of carbonyl (C=O) groups is 3. The molecule has 1 heterocycles. The number of hydrogen-bond acceptors (Lipinski definition) is 10. The summed E-state index contributed by atoms with van der Waals surface area (Å²) in [4.78, 5) is 36.7. The molecular weight excluding hydrogens is 716 g/mol. The molecule has 0 amide bonds. The van der Waals surface area contributed by atoms with Crippen molar-refractivity contribution in [1.82, 2.24) is 0 Å². The highest BCUT2D eigenvalue weighted by atomic mass is 16.7. The molecular formula is C45H74O11. The van der Waals surface area contributed by atoms with E-state index in [4.69, 9.17) is 18.9 Å². The zero-order chi connectivity index (χ0) is 41.1. The Morgan fingerprint density at radius 3 is 1.59 bits per heavy atom. The number of aliphatic hydroxyl groups excluding tert-OH is 3. The van der Waals surface area contributed by atoms with Crippen LogP contribution in [0.5, 0.6) is 0 Å². The number of unbranched alkanes of at least 4 members (excludes halogenated alkanes) is 13. The van der Waals surface area contributed by atoms with Gasteiger partial charge in [0.15, 0.2) is 18.5 Å². The molecule has 1 aliphatic heterocycles. The molecule has 1 saturated heterocycles. The molecule has 0 spiro atoms. The predicted molar refractivity (Wildman–Crippen MR) is 220 cm³/mol. The van der Waals surface area contributed by atoms with Crippen LogP contribution >= 0.6 is 0 Å². The third kappa shape index (κ3) is 26.7. The zero-order valence-electron chi connectivity index (χ0n) is 34.4. The Bertz CT molecular complexity index is 1160. The first-order valence-electron chi connectivity index (χ1n) is 21.3. The Balaban J connectivity index is 2.41. The van der Waals surface area contributed by atoms with Crippen LogP contribution in [0.4, 0.5) is 0 Å². The number of carboxylic acids is 1. The van der Waals surface area contributed by atoms with E-state index < -0.39 is 61.3 Å². The molecule has 56 heavy (non-hydrogen) atoms. The maximum absolute atomic E-state index is 12.7. The molecule has 0 bridgehead atoms. The van der Waals surface area contributed by atoms with Crippen LogP contribution in [-0.4, -0.2) is 88.4 Å². The Labute approximate surface area is 336 Å². The quantitative estimate of drug-likeness (QED) is 0.0279. The summed E-state index contributed by atoms with van der Waals surface area (Å²) in [5.41, 5.74) is 0. The average molecular weight is 791 g/mol. The minimum absolute atomic E-state index is 0.175. The Kier molecular flexibility index (Phi) is 31.9. The number of aliphatic carboxylic acids is 1. The van der Waals surface area contributed by atoms with Gasteiger partial charge in [0.25, 0.3) is 0 Å². The van der Waals surface area contributed by atoms with E-state index in [1.54, 1.807) is 0 Å². The summed E-state index contributed by atoms with van der Waals surface area (Å²) in [7, 11) is 0. The molecule has 1 aliphatic rings. The lowest BCUT2D eigenvalue weighted by molar-refractivity contribution is -0.298. The van der Waals surface area contributed by atoms with Gasteiger partial charge in [0.1, 0.15) is 24.9 Å². The molecule has 1 rings (SSSR count). The second kappa shape index (κ2) is 35.1. The molecule has 0 aliphatic carbocycles. The standard InChI is InChI=1S/C45H74O11/c1-3-5-7-9-11-13-15-16-17-18-19-20-21-22-24-25-27-29-31-33-38(46)53-35-37(36-54-45-42(50)40(48)41(49)43(56-45)44(51)52)55-39(47)34-32-30-28-26-23-14-12-10-8-6-4-2/h5,7,11,13,16-17,19-20,22,24,37,40-43,45,48-50H,3-4,6,8-10,12,14-15,18,21,23,25-36H2,1-2H3,(H,51,52)/b7-5-,13-11-,17-16-,20-19-,24-22-. The number of carbonyl (C=O) groups excluding carboxylic acids is 2. The molecule has 6 unspecified atom stereocenters. The second-order valence-corrected chi connectivity index (χ2v) is 14.5. The summed E-state index contributed by atoms with van der Waals surface area (Å²) in [5.74, 6) is -2.49. The van der Waals surface area contributed by atoms with Gasteiger partial charge in [-0.1, -0.05) is 145 Å². The number of rotatable bonds is 34. The molecule has 11 nitrogen and oxygen atoms in total. The van der Waals surface area contributed by atoms with Crippen LogP contribution < -0.4 is 0 Å². The van der Waals surface area contributed by atoms with Crippen molar-refractivity contribution in [2.45, 2.75) is 192 Å². The summed E-state index contributed by atoms with van der Waals surface area (Å²) in [6.45, 7) is 3.64. The molecule has 320 valence electrons. The third-order valence-corrected chi connectivity index (χ3v) is 9.38. The van der Waals surface area contributed by atoms with E-state index in [1.165, 1.54) is 44.9 Å². The van der Waals surface area contributed by atoms with E-state index in [2.05, 4.69) is 74.6 Å². The number of ether oxygens (including phenoxy) is 4. The van der Waals surface area contributed by atoms with Gasteiger partial charge in [-0.25, -0.2) is 4.79 Å². The Morgan fingerprint density at radius 2 is 1.05 bits per heavy atom. The van der Waals surface area contributed by atoms with Crippen molar-refractivity contribution in [3.8, 4) is 0 Å². The van der Waals surface area contributed by atoms with Crippen LogP contribution in [-0.2, 0) is 33.3 Å². The van der Waals surface area contributed by atoms with Crippen molar-refractivity contribution < 1.29 is 53.8 Å². The van der Waals surface area contributed by atoms with E-state index in [0.717, 1.165) is 70.6 Å². The van der Waals surface area contributed by atoms with Crippen molar-refractivity contribution in [3.63, 3.8) is 0 Å². The van der Waals surface area contributed by atoms with Crippen LogP contribution in [0.15, 0.2) is 60.8 Å². The topological polar surface area (TPSA) is 169 Å². The van der Waals surface area contributed by atoms with Gasteiger partial charge in [-0.15, -0.1) is 0 Å². The average Bonchev–Trinajstić information content (AvgIpc) is 3.18. The van der Waals surface area contributed by atoms with E-state index in [9.17, 15) is 34.8 Å².